The third-order valence-electron chi connectivity index (χ3n) is 2.37. The van der Waals surface area contributed by atoms with Gasteiger partial charge in [-0.3, -0.25) is 0 Å². The van der Waals surface area contributed by atoms with Gasteiger partial charge < -0.3 is 5.21 Å². The summed E-state index contributed by atoms with van der Waals surface area (Å²) in [5.41, 5.74) is 3.04. The summed E-state index contributed by atoms with van der Waals surface area (Å²) < 4.78 is 0. The summed E-state index contributed by atoms with van der Waals surface area (Å²) in [4.78, 5) is 0. The van der Waals surface area contributed by atoms with Crippen molar-refractivity contribution in [1.29, 1.82) is 0 Å². The second kappa shape index (κ2) is 4.80. The van der Waals surface area contributed by atoms with Crippen LogP contribution in [-0.4, -0.2) is 10.9 Å². The maximum Gasteiger partial charge on any atom is 0.0865 e. The molecule has 0 unspecified atom stereocenters. The van der Waals surface area contributed by atoms with Gasteiger partial charge >= 0.3 is 0 Å². The molecule has 0 fully saturated rings. The van der Waals surface area contributed by atoms with Gasteiger partial charge in [0.25, 0.3) is 0 Å². The molecule has 1 N–H and O–H groups in total. The molecule has 2 nitrogen and oxygen atoms in total. The third kappa shape index (κ3) is 2.34. The van der Waals surface area contributed by atoms with Crippen molar-refractivity contribution in [2.75, 3.05) is 0 Å². The van der Waals surface area contributed by atoms with Crippen LogP contribution in [0.25, 0.3) is 0 Å². The number of benzene rings is 1. The van der Waals surface area contributed by atoms with Gasteiger partial charge in [-0.05, 0) is 23.5 Å². The molecule has 0 amide bonds. The average Bonchev–Trinajstić information content (AvgIpc) is 2.20. The molecule has 0 aromatic heterocycles. The van der Waals surface area contributed by atoms with Crippen molar-refractivity contribution in [3.63, 3.8) is 0 Å². The Morgan fingerprint density at radius 3 is 2.21 bits per heavy atom. The zero-order valence-electron chi connectivity index (χ0n) is 8.99. The minimum atomic E-state index is 0.542. The van der Waals surface area contributed by atoms with Crippen molar-refractivity contribution >= 4 is 5.71 Å². The van der Waals surface area contributed by atoms with Gasteiger partial charge in [-0.15, -0.1) is 0 Å². The number of rotatable bonds is 3. The van der Waals surface area contributed by atoms with E-state index in [1.165, 1.54) is 5.56 Å². The van der Waals surface area contributed by atoms with Crippen LogP contribution in [0, 0.1) is 0 Å². The van der Waals surface area contributed by atoms with Crippen LogP contribution in [0.3, 0.4) is 0 Å². The highest BCUT2D eigenvalue weighted by Crippen LogP contribution is 2.15. The highest BCUT2D eigenvalue weighted by atomic mass is 16.4. The van der Waals surface area contributed by atoms with Crippen molar-refractivity contribution < 1.29 is 5.21 Å². The van der Waals surface area contributed by atoms with Gasteiger partial charge in [0.05, 0.1) is 5.71 Å². The minimum absolute atomic E-state index is 0.542. The molecule has 0 radical (unpaired) electrons. The maximum absolute atomic E-state index is 8.75. The fourth-order valence-electron chi connectivity index (χ4n) is 1.39. The smallest absolute Gasteiger partial charge is 0.0865 e. The van der Waals surface area contributed by atoms with Gasteiger partial charge in [-0.1, -0.05) is 50.2 Å². The third-order valence-corrected chi connectivity index (χ3v) is 2.37. The molecule has 0 heterocycles. The molecule has 0 saturated heterocycles. The highest BCUT2D eigenvalue weighted by Gasteiger charge is 2.03. The van der Waals surface area contributed by atoms with Gasteiger partial charge in [-0.25, -0.2) is 0 Å². The Kier molecular flexibility index (Phi) is 3.69. The minimum Gasteiger partial charge on any atom is -0.411 e. The molecule has 0 aliphatic carbocycles. The average molecular weight is 191 g/mol. The molecular formula is C12H17NO. The first-order valence-corrected chi connectivity index (χ1v) is 5.00. The fourth-order valence-corrected chi connectivity index (χ4v) is 1.39. The van der Waals surface area contributed by atoms with Crippen LogP contribution in [-0.2, 0) is 0 Å². The molecule has 0 atom stereocenters. The van der Waals surface area contributed by atoms with Gasteiger partial charge in [0.15, 0.2) is 0 Å². The van der Waals surface area contributed by atoms with E-state index in [9.17, 15) is 0 Å². The first kappa shape index (κ1) is 10.8. The van der Waals surface area contributed by atoms with E-state index in [2.05, 4.69) is 31.1 Å². The first-order chi connectivity index (χ1) is 6.69. The summed E-state index contributed by atoms with van der Waals surface area (Å²) in [6.07, 6.45) is 0.748. The molecule has 2 heteroatoms. The molecule has 0 bridgehead atoms. The Hall–Kier alpha value is -1.31. The molecule has 76 valence electrons. The summed E-state index contributed by atoms with van der Waals surface area (Å²) in [6.45, 7) is 6.30. The standard InChI is InChI=1S/C12H17NO/c1-4-12(13-14)11-7-5-10(6-8-11)9(2)3/h5-9,14H,4H2,1-3H3. The molecule has 14 heavy (non-hydrogen) atoms. The van der Waals surface area contributed by atoms with Crippen molar-refractivity contribution in [1.82, 2.24) is 0 Å². The van der Waals surface area contributed by atoms with E-state index >= 15 is 0 Å². The quantitative estimate of drug-likeness (QED) is 0.443. The van der Waals surface area contributed by atoms with E-state index in [4.69, 9.17) is 5.21 Å². The number of hydrogen-bond donors (Lipinski definition) is 1. The zero-order chi connectivity index (χ0) is 10.6. The summed E-state index contributed by atoms with van der Waals surface area (Å²) >= 11 is 0. The molecule has 0 spiro atoms. The van der Waals surface area contributed by atoms with E-state index in [0.29, 0.717) is 5.92 Å². The summed E-state index contributed by atoms with van der Waals surface area (Å²) in [7, 11) is 0. The first-order valence-electron chi connectivity index (χ1n) is 5.00. The molecule has 1 rings (SSSR count). The summed E-state index contributed by atoms with van der Waals surface area (Å²) in [5.74, 6) is 0.542. The normalized spacial score (nSPS) is 12.1. The predicted octanol–water partition coefficient (Wildman–Crippen LogP) is 3.40. The second-order valence-electron chi connectivity index (χ2n) is 3.68. The van der Waals surface area contributed by atoms with Crippen LogP contribution in [0.4, 0.5) is 0 Å². The Labute approximate surface area is 85.3 Å². The summed E-state index contributed by atoms with van der Waals surface area (Å²) in [6, 6.07) is 8.18. The fraction of sp³-hybridized carbons (Fsp3) is 0.417. The number of nitrogens with zero attached hydrogens (tertiary/aromatic N) is 1. The molecular weight excluding hydrogens is 174 g/mol. The lowest BCUT2D eigenvalue weighted by atomic mass is 10.00. The molecule has 1 aromatic carbocycles. The largest absolute Gasteiger partial charge is 0.411 e. The van der Waals surface area contributed by atoms with Crippen molar-refractivity contribution in [3.8, 4) is 0 Å². The predicted molar refractivity (Wildman–Crippen MR) is 59.1 cm³/mol. The van der Waals surface area contributed by atoms with Gasteiger partial charge in [0.1, 0.15) is 0 Å². The van der Waals surface area contributed by atoms with Crippen molar-refractivity contribution in [3.05, 3.63) is 35.4 Å². The topological polar surface area (TPSA) is 32.6 Å². The highest BCUT2D eigenvalue weighted by molar-refractivity contribution is 5.99. The Morgan fingerprint density at radius 2 is 1.86 bits per heavy atom. The monoisotopic (exact) mass is 191 g/mol. The second-order valence-corrected chi connectivity index (χ2v) is 3.68. The van der Waals surface area contributed by atoms with Gasteiger partial charge in [-0.2, -0.15) is 0 Å². The van der Waals surface area contributed by atoms with Crippen molar-refractivity contribution in [2.45, 2.75) is 33.1 Å². The molecule has 0 aliphatic heterocycles. The van der Waals surface area contributed by atoms with Crippen molar-refractivity contribution in [2.24, 2.45) is 5.16 Å². The lowest BCUT2D eigenvalue weighted by Gasteiger charge is -2.06. The van der Waals surface area contributed by atoms with Crippen LogP contribution < -0.4 is 0 Å². The Bertz CT molecular complexity index is 312. The van der Waals surface area contributed by atoms with Crippen LogP contribution in [0.15, 0.2) is 29.4 Å². The Balaban J connectivity index is 2.93. The van der Waals surface area contributed by atoms with E-state index in [1.54, 1.807) is 0 Å². The lowest BCUT2D eigenvalue weighted by Crippen LogP contribution is -1.99. The lowest BCUT2D eigenvalue weighted by molar-refractivity contribution is 0.318. The number of hydrogen-bond acceptors (Lipinski definition) is 2. The van der Waals surface area contributed by atoms with Gasteiger partial charge in [0.2, 0.25) is 0 Å². The van der Waals surface area contributed by atoms with E-state index in [1.807, 2.05) is 19.1 Å². The SMILES string of the molecule is CCC(=NO)c1ccc(C(C)C)cc1. The van der Waals surface area contributed by atoms with Gasteiger partial charge in [0, 0.05) is 0 Å². The van der Waals surface area contributed by atoms with Crippen LogP contribution >= 0.6 is 0 Å². The number of oxime groups is 1. The summed E-state index contributed by atoms with van der Waals surface area (Å²) in [5, 5.41) is 12.0. The van der Waals surface area contributed by atoms with Crippen LogP contribution in [0.2, 0.25) is 0 Å². The zero-order valence-corrected chi connectivity index (χ0v) is 8.99. The Morgan fingerprint density at radius 1 is 1.29 bits per heavy atom. The van der Waals surface area contributed by atoms with Crippen LogP contribution in [0.1, 0.15) is 44.2 Å². The van der Waals surface area contributed by atoms with E-state index in [0.717, 1.165) is 17.7 Å². The maximum atomic E-state index is 8.75. The molecule has 0 aliphatic rings. The molecule has 0 saturated carbocycles. The van der Waals surface area contributed by atoms with E-state index in [-0.39, 0.29) is 0 Å². The molecule has 1 aromatic rings. The van der Waals surface area contributed by atoms with E-state index < -0.39 is 0 Å². The van der Waals surface area contributed by atoms with Crippen LogP contribution in [0.5, 0.6) is 0 Å².